The molecule has 0 aliphatic heterocycles. The topological polar surface area (TPSA) is 23.5 Å². The van der Waals surface area contributed by atoms with E-state index in [4.69, 9.17) is 0 Å². The fraction of sp³-hybridized carbons (Fsp3) is 0.625. The highest BCUT2D eigenvalue weighted by atomic mass is 16.3. The first-order valence-corrected chi connectivity index (χ1v) is 7.28. The molecule has 100 valence electrons. The third kappa shape index (κ3) is 2.86. The molecule has 2 nitrogen and oxygen atoms in total. The zero-order valence-corrected chi connectivity index (χ0v) is 11.6. The molecule has 0 aromatic heterocycles. The van der Waals surface area contributed by atoms with E-state index in [0.29, 0.717) is 0 Å². The first-order valence-electron chi connectivity index (χ1n) is 7.28. The lowest BCUT2D eigenvalue weighted by atomic mass is 9.85. The van der Waals surface area contributed by atoms with Gasteiger partial charge in [-0.15, -0.1) is 0 Å². The van der Waals surface area contributed by atoms with E-state index in [2.05, 4.69) is 30.0 Å². The number of rotatable bonds is 6. The van der Waals surface area contributed by atoms with Crippen molar-refractivity contribution < 1.29 is 5.11 Å². The van der Waals surface area contributed by atoms with Gasteiger partial charge in [-0.25, -0.2) is 0 Å². The SMILES string of the molecule is CC[C@H](O)c1ccccc1N(CC)CC1CCC1. The number of nitrogens with zero attached hydrogens (tertiary/aromatic N) is 1. The van der Waals surface area contributed by atoms with Crippen molar-refractivity contribution in [2.45, 2.75) is 45.6 Å². The largest absolute Gasteiger partial charge is 0.388 e. The molecular formula is C16H25NO. The predicted molar refractivity (Wildman–Crippen MR) is 76.9 cm³/mol. The summed E-state index contributed by atoms with van der Waals surface area (Å²) in [6.07, 6.45) is 4.57. The van der Waals surface area contributed by atoms with Crippen LogP contribution < -0.4 is 4.90 Å². The van der Waals surface area contributed by atoms with E-state index in [-0.39, 0.29) is 6.10 Å². The van der Waals surface area contributed by atoms with Gasteiger partial charge in [0.25, 0.3) is 0 Å². The van der Waals surface area contributed by atoms with Crippen molar-refractivity contribution in [3.05, 3.63) is 29.8 Å². The minimum atomic E-state index is -0.336. The molecule has 0 heterocycles. The highest BCUT2D eigenvalue weighted by molar-refractivity contribution is 5.54. The van der Waals surface area contributed by atoms with Gasteiger partial charge in [-0.1, -0.05) is 31.5 Å². The molecule has 1 aliphatic rings. The van der Waals surface area contributed by atoms with E-state index in [1.54, 1.807) is 0 Å². The molecule has 0 spiro atoms. The number of hydrogen-bond acceptors (Lipinski definition) is 2. The van der Waals surface area contributed by atoms with Crippen LogP contribution in [0.4, 0.5) is 5.69 Å². The molecule has 1 atom stereocenters. The van der Waals surface area contributed by atoms with Gasteiger partial charge in [-0.3, -0.25) is 0 Å². The van der Waals surface area contributed by atoms with Crippen molar-refractivity contribution in [3.63, 3.8) is 0 Å². The second-order valence-electron chi connectivity index (χ2n) is 5.32. The highest BCUT2D eigenvalue weighted by Crippen LogP contribution is 2.32. The molecule has 0 amide bonds. The van der Waals surface area contributed by atoms with Crippen molar-refractivity contribution in [2.24, 2.45) is 5.92 Å². The summed E-state index contributed by atoms with van der Waals surface area (Å²) in [7, 11) is 0. The van der Waals surface area contributed by atoms with Crippen LogP contribution in [0.5, 0.6) is 0 Å². The van der Waals surface area contributed by atoms with E-state index < -0.39 is 0 Å². The number of anilines is 1. The standard InChI is InChI=1S/C16H25NO/c1-3-16(18)14-10-5-6-11-15(14)17(4-2)12-13-8-7-9-13/h5-6,10-11,13,16,18H,3-4,7-9,12H2,1-2H3/t16-/m0/s1. The highest BCUT2D eigenvalue weighted by Gasteiger charge is 2.22. The Morgan fingerprint density at radius 1 is 1.28 bits per heavy atom. The van der Waals surface area contributed by atoms with E-state index in [1.165, 1.54) is 24.9 Å². The minimum Gasteiger partial charge on any atom is -0.388 e. The Morgan fingerprint density at radius 3 is 2.56 bits per heavy atom. The summed E-state index contributed by atoms with van der Waals surface area (Å²) in [4.78, 5) is 2.43. The molecule has 0 saturated heterocycles. The van der Waals surface area contributed by atoms with E-state index >= 15 is 0 Å². The number of hydrogen-bond donors (Lipinski definition) is 1. The summed E-state index contributed by atoms with van der Waals surface area (Å²) in [6.45, 7) is 6.39. The maximum absolute atomic E-state index is 10.1. The normalized spacial score (nSPS) is 17.3. The molecule has 2 rings (SSSR count). The fourth-order valence-electron chi connectivity index (χ4n) is 2.66. The summed E-state index contributed by atoms with van der Waals surface area (Å²) in [5.74, 6) is 0.858. The second-order valence-corrected chi connectivity index (χ2v) is 5.32. The van der Waals surface area contributed by atoms with Crippen LogP contribution in [-0.4, -0.2) is 18.2 Å². The van der Waals surface area contributed by atoms with Crippen LogP contribution in [0.15, 0.2) is 24.3 Å². The molecule has 0 unspecified atom stereocenters. The van der Waals surface area contributed by atoms with Gasteiger partial charge in [-0.2, -0.15) is 0 Å². The van der Waals surface area contributed by atoms with Crippen LogP contribution in [0.1, 0.15) is 51.2 Å². The lowest BCUT2D eigenvalue weighted by molar-refractivity contribution is 0.174. The average molecular weight is 247 g/mol. The first kappa shape index (κ1) is 13.4. The van der Waals surface area contributed by atoms with Crippen molar-refractivity contribution >= 4 is 5.69 Å². The summed E-state index contributed by atoms with van der Waals surface area (Å²) >= 11 is 0. The van der Waals surface area contributed by atoms with Gasteiger partial charge >= 0.3 is 0 Å². The Bertz CT molecular complexity index is 373. The van der Waals surface area contributed by atoms with Crippen LogP contribution in [0, 0.1) is 5.92 Å². The van der Waals surface area contributed by atoms with Gasteiger partial charge in [0.2, 0.25) is 0 Å². The fourth-order valence-corrected chi connectivity index (χ4v) is 2.66. The van der Waals surface area contributed by atoms with Crippen molar-refractivity contribution in [1.29, 1.82) is 0 Å². The molecular weight excluding hydrogens is 222 g/mol. The molecule has 1 aromatic rings. The summed E-state index contributed by atoms with van der Waals surface area (Å²) in [6, 6.07) is 8.31. The van der Waals surface area contributed by atoms with Gasteiger partial charge < -0.3 is 10.0 Å². The van der Waals surface area contributed by atoms with Crippen LogP contribution in [0.2, 0.25) is 0 Å². The number of aliphatic hydroxyl groups is 1. The Morgan fingerprint density at radius 2 is 2.00 bits per heavy atom. The van der Waals surface area contributed by atoms with Crippen LogP contribution in [0.25, 0.3) is 0 Å². The third-order valence-electron chi connectivity index (χ3n) is 4.11. The van der Waals surface area contributed by atoms with Gasteiger partial charge in [0.05, 0.1) is 6.10 Å². The minimum absolute atomic E-state index is 0.336. The van der Waals surface area contributed by atoms with Gasteiger partial charge in [-0.05, 0) is 38.2 Å². The van der Waals surface area contributed by atoms with Gasteiger partial charge in [0.15, 0.2) is 0 Å². The smallest absolute Gasteiger partial charge is 0.0807 e. The Hall–Kier alpha value is -1.02. The Balaban J connectivity index is 2.17. The molecule has 1 N–H and O–H groups in total. The molecule has 18 heavy (non-hydrogen) atoms. The number of benzene rings is 1. The van der Waals surface area contributed by atoms with Crippen LogP contribution in [0.3, 0.4) is 0 Å². The quantitative estimate of drug-likeness (QED) is 0.827. The van der Waals surface area contributed by atoms with E-state index in [1.807, 2.05) is 13.0 Å². The predicted octanol–water partition coefficient (Wildman–Crippen LogP) is 3.76. The molecule has 1 aromatic carbocycles. The van der Waals surface area contributed by atoms with Crippen LogP contribution in [-0.2, 0) is 0 Å². The maximum atomic E-state index is 10.1. The van der Waals surface area contributed by atoms with Crippen molar-refractivity contribution in [1.82, 2.24) is 0 Å². The Kier molecular flexibility index (Phi) is 4.65. The molecule has 1 fully saturated rings. The van der Waals surface area contributed by atoms with Gasteiger partial charge in [0, 0.05) is 24.3 Å². The van der Waals surface area contributed by atoms with Crippen LogP contribution >= 0.6 is 0 Å². The monoisotopic (exact) mass is 247 g/mol. The van der Waals surface area contributed by atoms with Gasteiger partial charge in [0.1, 0.15) is 0 Å². The van der Waals surface area contributed by atoms with E-state index in [9.17, 15) is 5.11 Å². The molecule has 2 heteroatoms. The third-order valence-corrected chi connectivity index (χ3v) is 4.11. The zero-order chi connectivity index (χ0) is 13.0. The zero-order valence-electron chi connectivity index (χ0n) is 11.6. The molecule has 1 aliphatic carbocycles. The second kappa shape index (κ2) is 6.24. The average Bonchev–Trinajstić information content (AvgIpc) is 2.37. The summed E-state index contributed by atoms with van der Waals surface area (Å²) in [5, 5.41) is 10.1. The van der Waals surface area contributed by atoms with E-state index in [0.717, 1.165) is 31.0 Å². The number of aliphatic hydroxyl groups excluding tert-OH is 1. The first-order chi connectivity index (χ1) is 8.76. The number of para-hydroxylation sites is 1. The lowest BCUT2D eigenvalue weighted by Gasteiger charge is -2.34. The summed E-state index contributed by atoms with van der Waals surface area (Å²) < 4.78 is 0. The maximum Gasteiger partial charge on any atom is 0.0807 e. The molecule has 0 bridgehead atoms. The lowest BCUT2D eigenvalue weighted by Crippen LogP contribution is -2.33. The molecule has 1 saturated carbocycles. The molecule has 0 radical (unpaired) electrons. The summed E-state index contributed by atoms with van der Waals surface area (Å²) in [5.41, 5.74) is 2.31. The van der Waals surface area contributed by atoms with Crippen molar-refractivity contribution in [2.75, 3.05) is 18.0 Å². The van der Waals surface area contributed by atoms with Crippen molar-refractivity contribution in [3.8, 4) is 0 Å². The Labute approximate surface area is 111 Å².